The van der Waals surface area contributed by atoms with Gasteiger partial charge in [-0.15, -0.1) is 0 Å². The molecule has 0 unspecified atom stereocenters. The highest BCUT2D eigenvalue weighted by molar-refractivity contribution is 5.28. The van der Waals surface area contributed by atoms with E-state index in [-0.39, 0.29) is 5.88 Å². The van der Waals surface area contributed by atoms with E-state index < -0.39 is 5.82 Å². The lowest BCUT2D eigenvalue weighted by atomic mass is 9.94. The number of nitrogens with one attached hydrogen (secondary N) is 1. The largest absolute Gasteiger partial charge is 0.479 e. The zero-order chi connectivity index (χ0) is 15.4. The van der Waals surface area contributed by atoms with Gasteiger partial charge in [-0.05, 0) is 31.7 Å². The van der Waals surface area contributed by atoms with Crippen molar-refractivity contribution in [2.75, 3.05) is 32.1 Å². The molecule has 1 aromatic heterocycles. The van der Waals surface area contributed by atoms with Crippen LogP contribution in [0.5, 0.6) is 5.88 Å². The van der Waals surface area contributed by atoms with E-state index in [1.807, 2.05) is 0 Å². The van der Waals surface area contributed by atoms with Gasteiger partial charge in [0.15, 0.2) is 0 Å². The molecule has 2 aliphatic rings. The number of methoxy groups -OCH3 is 1. The lowest BCUT2D eigenvalue weighted by Crippen LogP contribution is -2.35. The Balaban J connectivity index is 1.48. The summed E-state index contributed by atoms with van der Waals surface area (Å²) in [5.41, 5.74) is 0. The molecule has 0 amide bonds. The Bertz CT molecular complexity index is 493. The standard InChI is InChI=1S/C16H25FN4O/c1-22-15-14(17)10-19-16(20-15)18-9-12-7-8-21(11-12)13-5-3-2-4-6-13/h10,12-13H,2-9,11H2,1H3,(H,18,19,20)/t12-/m0/s1. The first-order valence-corrected chi connectivity index (χ1v) is 8.30. The lowest BCUT2D eigenvalue weighted by molar-refractivity contribution is 0.186. The van der Waals surface area contributed by atoms with Crippen molar-refractivity contribution in [3.05, 3.63) is 12.0 Å². The first-order chi connectivity index (χ1) is 10.8. The number of aromatic nitrogens is 2. The van der Waals surface area contributed by atoms with Crippen LogP contribution < -0.4 is 10.1 Å². The summed E-state index contributed by atoms with van der Waals surface area (Å²) in [6.45, 7) is 3.18. The van der Waals surface area contributed by atoms with Gasteiger partial charge in [0, 0.05) is 19.1 Å². The molecule has 1 saturated carbocycles. The minimum atomic E-state index is -0.530. The van der Waals surface area contributed by atoms with Gasteiger partial charge >= 0.3 is 0 Å². The first kappa shape index (κ1) is 15.5. The molecule has 1 aromatic rings. The third-order valence-electron chi connectivity index (χ3n) is 4.86. The van der Waals surface area contributed by atoms with Crippen LogP contribution in [0.4, 0.5) is 10.3 Å². The molecule has 3 rings (SSSR count). The number of hydrogen-bond donors (Lipinski definition) is 1. The molecule has 2 fully saturated rings. The molecule has 0 bridgehead atoms. The number of rotatable bonds is 5. The third-order valence-corrected chi connectivity index (χ3v) is 4.86. The number of nitrogens with zero attached hydrogens (tertiary/aromatic N) is 3. The van der Waals surface area contributed by atoms with Crippen molar-refractivity contribution in [3.8, 4) is 5.88 Å². The fourth-order valence-electron chi connectivity index (χ4n) is 3.62. The smallest absolute Gasteiger partial charge is 0.255 e. The van der Waals surface area contributed by atoms with Crippen molar-refractivity contribution >= 4 is 5.95 Å². The van der Waals surface area contributed by atoms with E-state index in [0.29, 0.717) is 11.9 Å². The normalized spacial score (nSPS) is 23.6. The van der Waals surface area contributed by atoms with Crippen LogP contribution in [0.15, 0.2) is 6.20 Å². The zero-order valence-corrected chi connectivity index (χ0v) is 13.2. The van der Waals surface area contributed by atoms with Crippen LogP contribution >= 0.6 is 0 Å². The molecule has 1 saturated heterocycles. The summed E-state index contributed by atoms with van der Waals surface area (Å²) in [6.07, 6.45) is 9.25. The van der Waals surface area contributed by atoms with E-state index in [1.165, 1.54) is 52.2 Å². The maximum Gasteiger partial charge on any atom is 0.255 e. The van der Waals surface area contributed by atoms with E-state index in [0.717, 1.165) is 25.3 Å². The molecule has 1 atom stereocenters. The maximum absolute atomic E-state index is 13.3. The van der Waals surface area contributed by atoms with Crippen LogP contribution in [0.2, 0.25) is 0 Å². The van der Waals surface area contributed by atoms with Crippen molar-refractivity contribution in [3.63, 3.8) is 0 Å². The van der Waals surface area contributed by atoms with Gasteiger partial charge in [-0.2, -0.15) is 9.37 Å². The van der Waals surface area contributed by atoms with Crippen molar-refractivity contribution < 1.29 is 9.13 Å². The van der Waals surface area contributed by atoms with Crippen molar-refractivity contribution in [2.45, 2.75) is 44.6 Å². The predicted octanol–water partition coefficient (Wildman–Crippen LogP) is 2.69. The zero-order valence-electron chi connectivity index (χ0n) is 13.2. The Kier molecular flexibility index (Phi) is 5.08. The van der Waals surface area contributed by atoms with Gasteiger partial charge in [0.1, 0.15) is 0 Å². The Morgan fingerprint density at radius 3 is 2.91 bits per heavy atom. The van der Waals surface area contributed by atoms with E-state index in [9.17, 15) is 4.39 Å². The minimum absolute atomic E-state index is 0.00671. The van der Waals surface area contributed by atoms with Gasteiger partial charge < -0.3 is 15.0 Å². The van der Waals surface area contributed by atoms with E-state index >= 15 is 0 Å². The lowest BCUT2D eigenvalue weighted by Gasteiger charge is -2.31. The van der Waals surface area contributed by atoms with Gasteiger partial charge in [-0.3, -0.25) is 0 Å². The second kappa shape index (κ2) is 7.22. The van der Waals surface area contributed by atoms with E-state index in [2.05, 4.69) is 20.2 Å². The summed E-state index contributed by atoms with van der Waals surface area (Å²) in [6, 6.07) is 0.793. The Morgan fingerprint density at radius 2 is 2.14 bits per heavy atom. The molecule has 122 valence electrons. The topological polar surface area (TPSA) is 50.3 Å². The molecule has 0 aromatic carbocycles. The summed E-state index contributed by atoms with van der Waals surface area (Å²) < 4.78 is 18.2. The van der Waals surface area contributed by atoms with Gasteiger partial charge in [-0.25, -0.2) is 4.98 Å². The number of hydrogen-bond acceptors (Lipinski definition) is 5. The van der Waals surface area contributed by atoms with Gasteiger partial charge in [0.05, 0.1) is 13.3 Å². The maximum atomic E-state index is 13.3. The molecule has 6 heteroatoms. The van der Waals surface area contributed by atoms with Crippen molar-refractivity contribution in [2.24, 2.45) is 5.92 Å². The summed E-state index contributed by atoms with van der Waals surface area (Å²) in [5, 5.41) is 3.22. The molecule has 22 heavy (non-hydrogen) atoms. The average molecular weight is 308 g/mol. The first-order valence-electron chi connectivity index (χ1n) is 8.30. The highest BCUT2D eigenvalue weighted by Gasteiger charge is 2.28. The predicted molar refractivity (Wildman–Crippen MR) is 83.6 cm³/mol. The van der Waals surface area contributed by atoms with E-state index in [4.69, 9.17) is 4.74 Å². The highest BCUT2D eigenvalue weighted by atomic mass is 19.1. The van der Waals surface area contributed by atoms with Crippen LogP contribution in [-0.4, -0.2) is 47.7 Å². The average Bonchev–Trinajstić information content (AvgIpc) is 3.04. The number of likely N-dealkylation sites (tertiary alicyclic amines) is 1. The van der Waals surface area contributed by atoms with Gasteiger partial charge in [0.25, 0.3) is 5.88 Å². The summed E-state index contributed by atoms with van der Waals surface area (Å²) in [5.74, 6) is 0.515. The third kappa shape index (κ3) is 3.66. The quantitative estimate of drug-likeness (QED) is 0.906. The SMILES string of the molecule is COc1nc(NC[C@@H]2CCN(C3CCCCC3)C2)ncc1F. The van der Waals surface area contributed by atoms with Crippen LogP contribution in [-0.2, 0) is 0 Å². The van der Waals surface area contributed by atoms with Crippen LogP contribution in [0, 0.1) is 11.7 Å². The van der Waals surface area contributed by atoms with Crippen molar-refractivity contribution in [1.29, 1.82) is 0 Å². The molecule has 2 heterocycles. The summed E-state index contributed by atoms with van der Waals surface area (Å²) in [7, 11) is 1.41. The molecular formula is C16H25FN4O. The minimum Gasteiger partial charge on any atom is -0.479 e. The van der Waals surface area contributed by atoms with Crippen molar-refractivity contribution in [1.82, 2.24) is 14.9 Å². The summed E-state index contributed by atoms with van der Waals surface area (Å²) >= 11 is 0. The Hall–Kier alpha value is -1.43. The van der Waals surface area contributed by atoms with Crippen LogP contribution in [0.1, 0.15) is 38.5 Å². The fourth-order valence-corrected chi connectivity index (χ4v) is 3.62. The number of anilines is 1. The second-order valence-corrected chi connectivity index (χ2v) is 6.37. The summed E-state index contributed by atoms with van der Waals surface area (Å²) in [4.78, 5) is 10.6. The molecule has 1 aliphatic heterocycles. The molecular weight excluding hydrogens is 283 g/mol. The van der Waals surface area contributed by atoms with Crippen LogP contribution in [0.3, 0.4) is 0 Å². The van der Waals surface area contributed by atoms with Gasteiger partial charge in [-0.1, -0.05) is 19.3 Å². The Labute approximate surface area is 131 Å². The monoisotopic (exact) mass is 308 g/mol. The Morgan fingerprint density at radius 1 is 1.32 bits per heavy atom. The molecule has 0 radical (unpaired) electrons. The van der Waals surface area contributed by atoms with Crippen LogP contribution in [0.25, 0.3) is 0 Å². The molecule has 1 aliphatic carbocycles. The highest BCUT2D eigenvalue weighted by Crippen LogP contribution is 2.27. The molecule has 0 spiro atoms. The van der Waals surface area contributed by atoms with Gasteiger partial charge in [0.2, 0.25) is 11.8 Å². The second-order valence-electron chi connectivity index (χ2n) is 6.37. The molecule has 1 N–H and O–H groups in total. The molecule has 5 nitrogen and oxygen atoms in total. The number of ether oxygens (including phenoxy) is 1. The van der Waals surface area contributed by atoms with E-state index in [1.54, 1.807) is 0 Å². The number of halogens is 1. The fraction of sp³-hybridized carbons (Fsp3) is 0.750.